The van der Waals surface area contributed by atoms with Crippen molar-refractivity contribution in [1.82, 2.24) is 5.32 Å². The van der Waals surface area contributed by atoms with Crippen molar-refractivity contribution in [2.75, 3.05) is 19.0 Å². The van der Waals surface area contributed by atoms with Gasteiger partial charge in [0.25, 0.3) is 0 Å². The summed E-state index contributed by atoms with van der Waals surface area (Å²) >= 11 is 1.47. The summed E-state index contributed by atoms with van der Waals surface area (Å²) in [5.74, 6) is 1.34. The lowest BCUT2D eigenvalue weighted by Crippen LogP contribution is -2.31. The Bertz CT molecular complexity index is 917. The zero-order chi connectivity index (χ0) is 19.5. The largest absolute Gasteiger partial charge is 0.486 e. The maximum atomic E-state index is 13.9. The van der Waals surface area contributed by atoms with E-state index in [9.17, 15) is 14.0 Å². The highest BCUT2D eigenvalue weighted by Crippen LogP contribution is 2.37. The van der Waals surface area contributed by atoms with Crippen LogP contribution in [0.25, 0.3) is 0 Å². The predicted octanol–water partition coefficient (Wildman–Crippen LogP) is 3.91. The van der Waals surface area contributed by atoms with Crippen molar-refractivity contribution in [3.8, 4) is 11.5 Å². The smallest absolute Gasteiger partial charge is 0.220 e. The van der Waals surface area contributed by atoms with Gasteiger partial charge in [-0.05, 0) is 36.2 Å². The lowest BCUT2D eigenvalue weighted by atomic mass is 10.0. The molecule has 4 rings (SSSR count). The lowest BCUT2D eigenvalue weighted by Gasteiger charge is -2.26. The Morgan fingerprint density at radius 3 is 2.79 bits per heavy atom. The average molecular weight is 401 g/mol. The van der Waals surface area contributed by atoms with Crippen LogP contribution in [0, 0.1) is 5.82 Å². The molecule has 1 amide bonds. The highest BCUT2D eigenvalue weighted by Gasteiger charge is 2.24. The Kier molecular flexibility index (Phi) is 5.52. The van der Waals surface area contributed by atoms with Gasteiger partial charge in [-0.3, -0.25) is 9.59 Å². The highest BCUT2D eigenvalue weighted by atomic mass is 32.2. The third kappa shape index (κ3) is 3.99. The zero-order valence-corrected chi connectivity index (χ0v) is 16.0. The van der Waals surface area contributed by atoms with E-state index in [1.165, 1.54) is 17.8 Å². The van der Waals surface area contributed by atoms with Gasteiger partial charge in [-0.25, -0.2) is 4.39 Å². The van der Waals surface area contributed by atoms with Gasteiger partial charge in [-0.1, -0.05) is 12.1 Å². The number of ketones is 1. The molecule has 2 aromatic rings. The van der Waals surface area contributed by atoms with E-state index in [0.717, 1.165) is 17.7 Å². The minimum Gasteiger partial charge on any atom is -0.486 e. The van der Waals surface area contributed by atoms with E-state index in [-0.39, 0.29) is 36.4 Å². The quantitative estimate of drug-likeness (QED) is 0.770. The Hall–Kier alpha value is -2.54. The molecule has 5 nitrogen and oxygen atoms in total. The van der Waals surface area contributed by atoms with Crippen LogP contribution >= 0.6 is 11.8 Å². The molecule has 7 heteroatoms. The van der Waals surface area contributed by atoms with Crippen molar-refractivity contribution in [2.45, 2.75) is 30.2 Å². The minimum atomic E-state index is -0.254. The van der Waals surface area contributed by atoms with Crippen LogP contribution in [0.5, 0.6) is 11.5 Å². The van der Waals surface area contributed by atoms with Gasteiger partial charge in [-0.15, -0.1) is 11.8 Å². The van der Waals surface area contributed by atoms with Crippen molar-refractivity contribution in [3.63, 3.8) is 0 Å². The number of halogens is 1. The van der Waals surface area contributed by atoms with E-state index in [0.29, 0.717) is 35.2 Å². The van der Waals surface area contributed by atoms with Gasteiger partial charge in [0.2, 0.25) is 5.91 Å². The molecule has 1 atom stereocenters. The van der Waals surface area contributed by atoms with E-state index < -0.39 is 0 Å². The molecule has 0 saturated heterocycles. The number of hydrogen-bond acceptors (Lipinski definition) is 5. The number of nitrogens with one attached hydrogen (secondary N) is 1. The molecule has 146 valence electrons. The first kappa shape index (κ1) is 18.8. The Labute approximate surface area is 166 Å². The van der Waals surface area contributed by atoms with Gasteiger partial charge in [0.1, 0.15) is 19.0 Å². The molecule has 1 N–H and O–H groups in total. The second-order valence-corrected chi connectivity index (χ2v) is 7.80. The van der Waals surface area contributed by atoms with Gasteiger partial charge in [-0.2, -0.15) is 0 Å². The third-order valence-corrected chi connectivity index (χ3v) is 5.96. The summed E-state index contributed by atoms with van der Waals surface area (Å²) in [4.78, 5) is 25.4. The van der Waals surface area contributed by atoms with Crippen LogP contribution in [0.4, 0.5) is 4.39 Å². The Morgan fingerprint density at radius 1 is 1.11 bits per heavy atom. The molecule has 0 aliphatic carbocycles. The summed E-state index contributed by atoms with van der Waals surface area (Å²) in [6.07, 6.45) is 0.924. The van der Waals surface area contributed by atoms with Crippen LogP contribution in [0.3, 0.4) is 0 Å². The van der Waals surface area contributed by atoms with Crippen molar-refractivity contribution in [1.29, 1.82) is 0 Å². The third-order valence-electron chi connectivity index (χ3n) is 4.80. The number of amides is 1. The molecule has 28 heavy (non-hydrogen) atoms. The lowest BCUT2D eigenvalue weighted by molar-refractivity contribution is -0.121. The highest BCUT2D eigenvalue weighted by molar-refractivity contribution is 7.99. The summed E-state index contributed by atoms with van der Waals surface area (Å²) in [5.41, 5.74) is 1.31. The second-order valence-electron chi connectivity index (χ2n) is 6.70. The van der Waals surface area contributed by atoms with Gasteiger partial charge in [0.15, 0.2) is 17.3 Å². The number of fused-ring (bicyclic) bond motifs is 2. The van der Waals surface area contributed by atoms with Crippen LogP contribution in [0.1, 0.15) is 41.2 Å². The number of ether oxygens (including phenoxy) is 2. The van der Waals surface area contributed by atoms with Gasteiger partial charge in [0, 0.05) is 29.1 Å². The molecule has 1 unspecified atom stereocenters. The van der Waals surface area contributed by atoms with Gasteiger partial charge < -0.3 is 14.8 Å². The molecular weight excluding hydrogens is 381 g/mol. The topological polar surface area (TPSA) is 64.6 Å². The maximum absolute atomic E-state index is 13.9. The Balaban J connectivity index is 1.35. The van der Waals surface area contributed by atoms with Crippen LogP contribution < -0.4 is 14.8 Å². The number of hydrogen-bond donors (Lipinski definition) is 1. The standard InChI is InChI=1S/C21H20FNO4S/c22-15-3-1-2-14-16(8-11-28-21(14)15)23-20(25)7-5-17(24)13-4-6-18-19(12-13)27-10-9-26-18/h1-4,6,12,16H,5,7-11H2,(H,23,25). The summed E-state index contributed by atoms with van der Waals surface area (Å²) in [6, 6.07) is 9.77. The van der Waals surface area contributed by atoms with Crippen molar-refractivity contribution in [2.24, 2.45) is 0 Å². The first-order valence-corrected chi connectivity index (χ1v) is 10.2. The van der Waals surface area contributed by atoms with E-state index in [4.69, 9.17) is 9.47 Å². The molecule has 0 saturated carbocycles. The SMILES string of the molecule is O=C(CCC(=O)c1ccc2c(c1)OCCO2)NC1CCSc2c(F)cccc21. The van der Waals surface area contributed by atoms with Gasteiger partial charge in [0.05, 0.1) is 6.04 Å². The molecule has 2 aliphatic rings. The molecule has 0 aromatic heterocycles. The summed E-state index contributed by atoms with van der Waals surface area (Å²) < 4.78 is 24.9. The number of benzene rings is 2. The number of rotatable bonds is 5. The number of carbonyl (C=O) groups is 2. The molecule has 2 heterocycles. The second kappa shape index (κ2) is 8.22. The maximum Gasteiger partial charge on any atom is 0.220 e. The monoisotopic (exact) mass is 401 g/mol. The molecule has 0 bridgehead atoms. The van der Waals surface area contributed by atoms with Crippen LogP contribution in [0.15, 0.2) is 41.3 Å². The summed E-state index contributed by atoms with van der Waals surface area (Å²) in [5, 5.41) is 2.94. The first-order valence-electron chi connectivity index (χ1n) is 9.25. The summed E-state index contributed by atoms with van der Waals surface area (Å²) in [6.45, 7) is 0.946. The average Bonchev–Trinajstić information content (AvgIpc) is 2.72. The van der Waals surface area contributed by atoms with E-state index in [1.54, 1.807) is 24.3 Å². The van der Waals surface area contributed by atoms with Gasteiger partial charge >= 0.3 is 0 Å². The molecule has 0 spiro atoms. The van der Waals surface area contributed by atoms with E-state index in [1.807, 2.05) is 6.07 Å². The van der Waals surface area contributed by atoms with Crippen LogP contribution in [-0.4, -0.2) is 30.7 Å². The summed E-state index contributed by atoms with van der Waals surface area (Å²) in [7, 11) is 0. The number of thioether (sulfide) groups is 1. The minimum absolute atomic E-state index is 0.0849. The number of carbonyl (C=O) groups excluding carboxylic acids is 2. The van der Waals surface area contributed by atoms with Crippen LogP contribution in [-0.2, 0) is 4.79 Å². The molecular formula is C21H20FNO4S. The Morgan fingerprint density at radius 2 is 1.93 bits per heavy atom. The van der Waals surface area contributed by atoms with Crippen LogP contribution in [0.2, 0.25) is 0 Å². The fourth-order valence-electron chi connectivity index (χ4n) is 3.39. The zero-order valence-electron chi connectivity index (χ0n) is 15.2. The molecule has 2 aromatic carbocycles. The predicted molar refractivity (Wildman–Crippen MR) is 104 cm³/mol. The first-order chi connectivity index (χ1) is 13.6. The van der Waals surface area contributed by atoms with Crippen molar-refractivity contribution in [3.05, 3.63) is 53.3 Å². The molecule has 0 radical (unpaired) electrons. The number of Topliss-reactive ketones (excluding diaryl/α,β-unsaturated/α-hetero) is 1. The van der Waals surface area contributed by atoms with E-state index in [2.05, 4.69) is 5.32 Å². The molecule has 0 fully saturated rings. The fourth-order valence-corrected chi connectivity index (χ4v) is 4.53. The van der Waals surface area contributed by atoms with Crippen molar-refractivity contribution < 1.29 is 23.5 Å². The van der Waals surface area contributed by atoms with E-state index >= 15 is 0 Å². The molecule has 2 aliphatic heterocycles. The van der Waals surface area contributed by atoms with Crippen molar-refractivity contribution >= 4 is 23.5 Å². The fraction of sp³-hybridized carbons (Fsp3) is 0.333. The normalized spacial score (nSPS) is 17.5.